The normalized spacial score (nSPS) is 16.0. The molecule has 116 valence electrons. The summed E-state index contributed by atoms with van der Waals surface area (Å²) in [7, 11) is 0. The predicted octanol–water partition coefficient (Wildman–Crippen LogP) is 4.98. The first-order valence-electron chi connectivity index (χ1n) is 7.13. The van der Waals surface area contributed by atoms with Gasteiger partial charge in [-0.1, -0.05) is 11.6 Å². The van der Waals surface area contributed by atoms with E-state index in [9.17, 15) is 0 Å². The Hall–Kier alpha value is -1.23. The molecular formula is C17H18ClNO2S. The van der Waals surface area contributed by atoms with Gasteiger partial charge in [0.1, 0.15) is 5.75 Å². The number of aromatic nitrogens is 1. The highest BCUT2D eigenvalue weighted by molar-refractivity contribution is 7.98. The number of hydrogen-bond donors (Lipinski definition) is 0. The van der Waals surface area contributed by atoms with Crippen LogP contribution in [0.5, 0.6) is 5.75 Å². The van der Waals surface area contributed by atoms with Gasteiger partial charge in [0.25, 0.3) is 0 Å². The van der Waals surface area contributed by atoms with Crippen LogP contribution in [0.25, 0.3) is 0 Å². The molecule has 2 aromatic rings. The monoisotopic (exact) mass is 335 g/mol. The Kier molecular flexibility index (Phi) is 4.35. The third-order valence-corrected chi connectivity index (χ3v) is 4.84. The fourth-order valence-electron chi connectivity index (χ4n) is 2.31. The van der Waals surface area contributed by atoms with E-state index in [-0.39, 0.29) is 0 Å². The SMILES string of the molecule is Cc1ncc(CSc2ccc(Cl)cc2)c2c1OC(C)(C)OC2. The van der Waals surface area contributed by atoms with Gasteiger partial charge in [-0.3, -0.25) is 4.98 Å². The summed E-state index contributed by atoms with van der Waals surface area (Å²) in [6.07, 6.45) is 1.92. The number of aryl methyl sites for hydroxylation is 1. The second-order valence-corrected chi connectivity index (χ2v) is 7.19. The van der Waals surface area contributed by atoms with Crippen LogP contribution in [-0.2, 0) is 17.1 Å². The Balaban J connectivity index is 1.82. The Morgan fingerprint density at radius 3 is 2.73 bits per heavy atom. The maximum atomic E-state index is 5.95. The van der Waals surface area contributed by atoms with Gasteiger partial charge in [-0.15, -0.1) is 11.8 Å². The van der Waals surface area contributed by atoms with E-state index in [0.29, 0.717) is 6.61 Å². The summed E-state index contributed by atoms with van der Waals surface area (Å²) in [5.74, 6) is 1.09. The van der Waals surface area contributed by atoms with Crippen LogP contribution >= 0.6 is 23.4 Å². The van der Waals surface area contributed by atoms with Gasteiger partial charge in [-0.05, 0) is 36.8 Å². The summed E-state index contributed by atoms with van der Waals surface area (Å²) < 4.78 is 11.7. The fourth-order valence-corrected chi connectivity index (χ4v) is 3.33. The third kappa shape index (κ3) is 3.40. The summed E-state index contributed by atoms with van der Waals surface area (Å²) in [4.78, 5) is 5.65. The number of thioether (sulfide) groups is 1. The van der Waals surface area contributed by atoms with Crippen molar-refractivity contribution < 1.29 is 9.47 Å². The minimum absolute atomic E-state index is 0.558. The number of halogens is 1. The lowest BCUT2D eigenvalue weighted by Crippen LogP contribution is -2.36. The van der Waals surface area contributed by atoms with Crippen molar-refractivity contribution in [3.8, 4) is 5.75 Å². The molecule has 0 N–H and O–H groups in total. The zero-order chi connectivity index (χ0) is 15.7. The standard InChI is InChI=1S/C17H18ClNO2S/c1-11-16-15(9-20-17(2,3)21-16)12(8-19-11)10-22-14-6-4-13(18)5-7-14/h4-8H,9-10H2,1-3H3. The van der Waals surface area contributed by atoms with Crippen molar-refractivity contribution in [2.75, 3.05) is 0 Å². The molecule has 1 aromatic heterocycles. The van der Waals surface area contributed by atoms with E-state index in [1.807, 2.05) is 51.2 Å². The van der Waals surface area contributed by atoms with Crippen LogP contribution < -0.4 is 4.74 Å². The fraction of sp³-hybridized carbons (Fsp3) is 0.353. The Labute approximate surface area is 140 Å². The van der Waals surface area contributed by atoms with Crippen molar-refractivity contribution in [1.82, 2.24) is 4.98 Å². The number of pyridine rings is 1. The highest BCUT2D eigenvalue weighted by Crippen LogP contribution is 2.37. The van der Waals surface area contributed by atoms with Crippen LogP contribution in [0.15, 0.2) is 35.4 Å². The quantitative estimate of drug-likeness (QED) is 0.740. The second kappa shape index (κ2) is 6.11. The van der Waals surface area contributed by atoms with Crippen LogP contribution in [0.3, 0.4) is 0 Å². The van der Waals surface area contributed by atoms with Crippen molar-refractivity contribution >= 4 is 23.4 Å². The summed E-state index contributed by atoms with van der Waals surface area (Å²) in [6, 6.07) is 7.86. The van der Waals surface area contributed by atoms with Gasteiger partial charge in [0.2, 0.25) is 5.79 Å². The molecule has 0 radical (unpaired) electrons. The van der Waals surface area contributed by atoms with Crippen molar-refractivity contribution in [2.45, 2.75) is 43.8 Å². The van der Waals surface area contributed by atoms with Gasteiger partial charge in [0.05, 0.1) is 12.3 Å². The summed E-state index contributed by atoms with van der Waals surface area (Å²) >= 11 is 7.67. The highest BCUT2D eigenvalue weighted by Gasteiger charge is 2.30. The van der Waals surface area contributed by atoms with E-state index in [1.165, 1.54) is 4.90 Å². The topological polar surface area (TPSA) is 31.4 Å². The molecular weight excluding hydrogens is 318 g/mol. The molecule has 0 spiro atoms. The first kappa shape index (κ1) is 15.7. The molecule has 0 saturated heterocycles. The largest absolute Gasteiger partial charge is 0.461 e. The average molecular weight is 336 g/mol. The van der Waals surface area contributed by atoms with E-state index in [4.69, 9.17) is 21.1 Å². The number of hydrogen-bond acceptors (Lipinski definition) is 4. The second-order valence-electron chi connectivity index (χ2n) is 5.71. The highest BCUT2D eigenvalue weighted by atomic mass is 35.5. The molecule has 22 heavy (non-hydrogen) atoms. The van der Waals surface area contributed by atoms with E-state index in [0.717, 1.165) is 33.3 Å². The lowest BCUT2D eigenvalue weighted by molar-refractivity contribution is -0.180. The van der Waals surface area contributed by atoms with Crippen molar-refractivity contribution in [3.05, 3.63) is 52.3 Å². The minimum atomic E-state index is -0.596. The first-order valence-corrected chi connectivity index (χ1v) is 8.50. The predicted molar refractivity (Wildman–Crippen MR) is 89.5 cm³/mol. The average Bonchev–Trinajstić information content (AvgIpc) is 2.48. The molecule has 0 fully saturated rings. The van der Waals surface area contributed by atoms with E-state index >= 15 is 0 Å². The molecule has 1 aliphatic heterocycles. The van der Waals surface area contributed by atoms with Gasteiger partial charge in [0.15, 0.2) is 0 Å². The Morgan fingerprint density at radius 2 is 2.00 bits per heavy atom. The molecule has 3 nitrogen and oxygen atoms in total. The molecule has 0 amide bonds. The molecule has 1 aliphatic rings. The van der Waals surface area contributed by atoms with Crippen molar-refractivity contribution in [2.24, 2.45) is 0 Å². The van der Waals surface area contributed by atoms with Crippen LogP contribution in [0.1, 0.15) is 30.7 Å². The molecule has 0 unspecified atom stereocenters. The number of nitrogens with zero attached hydrogens (tertiary/aromatic N) is 1. The van der Waals surface area contributed by atoms with Gasteiger partial charge < -0.3 is 9.47 Å². The molecule has 3 rings (SSSR count). The van der Waals surface area contributed by atoms with Gasteiger partial charge in [0, 0.05) is 41.3 Å². The molecule has 0 atom stereocenters. The number of rotatable bonds is 3. The number of ether oxygens (including phenoxy) is 2. The van der Waals surface area contributed by atoms with E-state index < -0.39 is 5.79 Å². The van der Waals surface area contributed by atoms with Crippen molar-refractivity contribution in [1.29, 1.82) is 0 Å². The van der Waals surface area contributed by atoms with Crippen LogP contribution in [0.2, 0.25) is 5.02 Å². The lowest BCUT2D eigenvalue weighted by Gasteiger charge is -2.34. The summed E-state index contributed by atoms with van der Waals surface area (Å²) in [6.45, 7) is 6.37. The van der Waals surface area contributed by atoms with E-state index in [1.54, 1.807) is 11.8 Å². The van der Waals surface area contributed by atoms with Crippen LogP contribution in [0.4, 0.5) is 0 Å². The summed E-state index contributed by atoms with van der Waals surface area (Å²) in [5.41, 5.74) is 3.16. The van der Waals surface area contributed by atoms with Crippen LogP contribution in [-0.4, -0.2) is 10.8 Å². The smallest absolute Gasteiger partial charge is 0.205 e. The molecule has 1 aromatic carbocycles. The molecule has 0 bridgehead atoms. The Morgan fingerprint density at radius 1 is 1.27 bits per heavy atom. The lowest BCUT2D eigenvalue weighted by atomic mass is 10.1. The third-order valence-electron chi connectivity index (χ3n) is 3.52. The van der Waals surface area contributed by atoms with Gasteiger partial charge >= 0.3 is 0 Å². The van der Waals surface area contributed by atoms with Gasteiger partial charge in [-0.2, -0.15) is 0 Å². The maximum absolute atomic E-state index is 5.95. The van der Waals surface area contributed by atoms with Crippen LogP contribution in [0, 0.1) is 6.92 Å². The zero-order valence-electron chi connectivity index (χ0n) is 12.9. The Bertz CT molecular complexity index is 686. The molecule has 2 heterocycles. The summed E-state index contributed by atoms with van der Waals surface area (Å²) in [5, 5.41) is 0.753. The molecule has 5 heteroatoms. The minimum Gasteiger partial charge on any atom is -0.461 e. The van der Waals surface area contributed by atoms with Gasteiger partial charge in [-0.25, -0.2) is 0 Å². The number of fused-ring (bicyclic) bond motifs is 1. The maximum Gasteiger partial charge on any atom is 0.205 e. The molecule has 0 saturated carbocycles. The molecule has 0 aliphatic carbocycles. The van der Waals surface area contributed by atoms with E-state index in [2.05, 4.69) is 4.98 Å². The van der Waals surface area contributed by atoms with Crippen molar-refractivity contribution in [3.63, 3.8) is 0 Å². The number of benzene rings is 1. The zero-order valence-corrected chi connectivity index (χ0v) is 14.4. The first-order chi connectivity index (χ1) is 10.4.